The van der Waals surface area contributed by atoms with Crippen molar-refractivity contribution < 1.29 is 22.7 Å². The van der Waals surface area contributed by atoms with Crippen LogP contribution in [0.15, 0.2) is 24.3 Å². The Hall–Kier alpha value is -2.62. The van der Waals surface area contributed by atoms with Gasteiger partial charge < -0.3 is 10.1 Å². The maximum atomic E-state index is 12.5. The van der Waals surface area contributed by atoms with Crippen molar-refractivity contribution in [3.05, 3.63) is 30.0 Å². The number of methoxy groups -OCH3 is 1. The Morgan fingerprint density at radius 2 is 2.08 bits per heavy atom. The van der Waals surface area contributed by atoms with E-state index in [-0.39, 0.29) is 5.82 Å². The highest BCUT2D eigenvalue weighted by Crippen LogP contribution is 2.30. The molecule has 6 nitrogen and oxygen atoms in total. The Morgan fingerprint density at radius 3 is 2.75 bits per heavy atom. The molecule has 10 heteroatoms. The third kappa shape index (κ3) is 3.04. The second-order valence-corrected chi connectivity index (χ2v) is 5.87. The van der Waals surface area contributed by atoms with Gasteiger partial charge in [-0.3, -0.25) is 4.79 Å². The number of nitrogens with one attached hydrogen (secondary N) is 1. The molecule has 0 saturated carbocycles. The van der Waals surface area contributed by atoms with E-state index < -0.39 is 12.1 Å². The van der Waals surface area contributed by atoms with Crippen LogP contribution in [0.5, 0.6) is 5.75 Å². The van der Waals surface area contributed by atoms with E-state index in [1.54, 1.807) is 25.1 Å². The molecule has 0 aliphatic carbocycles. The van der Waals surface area contributed by atoms with Crippen molar-refractivity contribution in [3.63, 3.8) is 0 Å². The number of carbonyl (C=O) groups is 1. The van der Waals surface area contributed by atoms with Gasteiger partial charge in [0, 0.05) is 6.07 Å². The molecule has 1 aromatic carbocycles. The number of amides is 1. The normalized spacial score (nSPS) is 11.7. The van der Waals surface area contributed by atoms with Gasteiger partial charge in [-0.2, -0.15) is 23.0 Å². The molecular weight excluding hydrogens is 345 g/mol. The highest BCUT2D eigenvalue weighted by atomic mass is 32.1. The van der Waals surface area contributed by atoms with Crippen LogP contribution in [0.3, 0.4) is 0 Å². The summed E-state index contributed by atoms with van der Waals surface area (Å²) in [5, 5.41) is 6.26. The smallest absolute Gasteiger partial charge is 0.471 e. The number of benzene rings is 1. The van der Waals surface area contributed by atoms with Gasteiger partial charge in [0.2, 0.25) is 5.13 Å². The lowest BCUT2D eigenvalue weighted by atomic mass is 10.3. The highest BCUT2D eigenvalue weighted by Gasteiger charge is 2.39. The lowest BCUT2D eigenvalue weighted by Crippen LogP contribution is -2.30. The molecule has 2 heterocycles. The van der Waals surface area contributed by atoms with Crippen LogP contribution in [0.25, 0.3) is 15.3 Å². The van der Waals surface area contributed by atoms with Crippen LogP contribution >= 0.6 is 11.3 Å². The molecule has 0 bridgehead atoms. The number of aryl methyl sites for hydroxylation is 1. The minimum absolute atomic E-state index is 0.0964. The van der Waals surface area contributed by atoms with Crippen molar-refractivity contribution in [2.45, 2.75) is 13.1 Å². The van der Waals surface area contributed by atoms with Crippen LogP contribution in [-0.4, -0.2) is 34.0 Å². The molecular formula is C14H11F3N4O2S. The molecule has 0 spiro atoms. The fourth-order valence-corrected chi connectivity index (χ4v) is 2.99. The van der Waals surface area contributed by atoms with Crippen molar-refractivity contribution in [2.24, 2.45) is 0 Å². The van der Waals surface area contributed by atoms with E-state index in [0.717, 1.165) is 4.70 Å². The van der Waals surface area contributed by atoms with Crippen molar-refractivity contribution in [3.8, 4) is 10.9 Å². The standard InChI is InChI=1S/C14H11F3N4O2S/c1-7-5-11(19-12(22)14(15,16)17)21(20-7)13-18-9-4-3-8(23-2)6-10(9)24-13/h3-6H,1-2H3,(H,19,22). The summed E-state index contributed by atoms with van der Waals surface area (Å²) in [6.07, 6.45) is -4.98. The molecule has 1 amide bonds. The zero-order chi connectivity index (χ0) is 17.5. The molecule has 3 rings (SSSR count). The first-order valence-electron chi connectivity index (χ1n) is 6.68. The molecule has 0 atom stereocenters. The quantitative estimate of drug-likeness (QED) is 0.782. The minimum Gasteiger partial charge on any atom is -0.497 e. The number of thiazole rings is 1. The predicted octanol–water partition coefficient (Wildman–Crippen LogP) is 3.30. The number of hydrogen-bond donors (Lipinski definition) is 1. The van der Waals surface area contributed by atoms with E-state index in [9.17, 15) is 18.0 Å². The maximum absolute atomic E-state index is 12.5. The van der Waals surface area contributed by atoms with Crippen molar-refractivity contribution in [1.29, 1.82) is 0 Å². The Balaban J connectivity index is 2.02. The molecule has 0 fully saturated rings. The van der Waals surface area contributed by atoms with Crippen molar-refractivity contribution in [2.75, 3.05) is 12.4 Å². The maximum Gasteiger partial charge on any atom is 0.471 e. The zero-order valence-electron chi connectivity index (χ0n) is 12.5. The summed E-state index contributed by atoms with van der Waals surface area (Å²) in [4.78, 5) is 15.5. The summed E-state index contributed by atoms with van der Waals surface area (Å²) < 4.78 is 44.5. The number of hydrogen-bond acceptors (Lipinski definition) is 5. The number of carbonyl (C=O) groups excluding carboxylic acids is 1. The molecule has 3 aromatic rings. The lowest BCUT2D eigenvalue weighted by molar-refractivity contribution is -0.167. The Labute approximate surface area is 137 Å². The van der Waals surface area contributed by atoms with Crippen LogP contribution in [0.1, 0.15) is 5.69 Å². The van der Waals surface area contributed by atoms with Gasteiger partial charge in [0.25, 0.3) is 0 Å². The molecule has 126 valence electrons. The first-order valence-corrected chi connectivity index (χ1v) is 7.49. The minimum atomic E-state index is -4.98. The number of anilines is 1. The topological polar surface area (TPSA) is 69.0 Å². The highest BCUT2D eigenvalue weighted by molar-refractivity contribution is 7.20. The second-order valence-electron chi connectivity index (χ2n) is 4.86. The number of rotatable bonds is 3. The Morgan fingerprint density at radius 1 is 1.33 bits per heavy atom. The average molecular weight is 356 g/mol. The van der Waals surface area contributed by atoms with E-state index in [1.165, 1.54) is 29.2 Å². The van der Waals surface area contributed by atoms with Crippen LogP contribution in [0.2, 0.25) is 0 Å². The number of halogens is 3. The fourth-order valence-electron chi connectivity index (χ4n) is 2.03. The molecule has 24 heavy (non-hydrogen) atoms. The molecule has 0 aliphatic heterocycles. The Kier molecular flexibility index (Phi) is 3.91. The SMILES string of the molecule is COc1ccc2nc(-n3nc(C)cc3NC(=O)C(F)(F)F)sc2c1. The van der Waals surface area contributed by atoms with E-state index in [2.05, 4.69) is 10.1 Å². The first-order chi connectivity index (χ1) is 11.3. The van der Waals surface area contributed by atoms with Gasteiger partial charge in [-0.25, -0.2) is 4.98 Å². The summed E-state index contributed by atoms with van der Waals surface area (Å²) in [6.45, 7) is 1.61. The van der Waals surface area contributed by atoms with Crippen LogP contribution in [-0.2, 0) is 4.79 Å². The molecule has 0 unspecified atom stereocenters. The zero-order valence-corrected chi connectivity index (χ0v) is 13.3. The number of fused-ring (bicyclic) bond motifs is 1. The summed E-state index contributed by atoms with van der Waals surface area (Å²) >= 11 is 1.22. The number of nitrogens with zero attached hydrogens (tertiary/aromatic N) is 3. The number of ether oxygens (including phenoxy) is 1. The van der Waals surface area contributed by atoms with Gasteiger partial charge in [-0.1, -0.05) is 11.3 Å². The third-order valence-electron chi connectivity index (χ3n) is 3.10. The molecule has 2 aromatic heterocycles. The van der Waals surface area contributed by atoms with Gasteiger partial charge >= 0.3 is 12.1 Å². The Bertz CT molecular complexity index is 917. The molecule has 1 N–H and O–H groups in total. The predicted molar refractivity (Wildman–Crippen MR) is 82.7 cm³/mol. The summed E-state index contributed by atoms with van der Waals surface area (Å²) in [6, 6.07) is 6.57. The lowest BCUT2D eigenvalue weighted by Gasteiger charge is -2.08. The molecule has 0 aliphatic rings. The second kappa shape index (κ2) is 5.78. The van der Waals surface area contributed by atoms with Gasteiger partial charge in [-0.05, 0) is 25.1 Å². The van der Waals surface area contributed by atoms with E-state index >= 15 is 0 Å². The van der Waals surface area contributed by atoms with Crippen LogP contribution in [0.4, 0.5) is 19.0 Å². The van der Waals surface area contributed by atoms with Gasteiger partial charge in [0.15, 0.2) is 0 Å². The summed E-state index contributed by atoms with van der Waals surface area (Å²) in [7, 11) is 1.53. The monoisotopic (exact) mass is 356 g/mol. The van der Waals surface area contributed by atoms with Crippen LogP contribution in [0, 0.1) is 6.92 Å². The van der Waals surface area contributed by atoms with Crippen LogP contribution < -0.4 is 10.1 Å². The van der Waals surface area contributed by atoms with Crippen molar-refractivity contribution in [1.82, 2.24) is 14.8 Å². The molecule has 0 radical (unpaired) electrons. The third-order valence-corrected chi connectivity index (χ3v) is 4.09. The van der Waals surface area contributed by atoms with E-state index in [0.29, 0.717) is 22.1 Å². The van der Waals surface area contributed by atoms with Gasteiger partial charge in [0.1, 0.15) is 11.6 Å². The van der Waals surface area contributed by atoms with Gasteiger partial charge in [0.05, 0.1) is 23.0 Å². The first kappa shape index (κ1) is 16.2. The van der Waals surface area contributed by atoms with Gasteiger partial charge in [-0.15, -0.1) is 0 Å². The summed E-state index contributed by atoms with van der Waals surface area (Å²) in [5.41, 5.74) is 1.10. The van der Waals surface area contributed by atoms with E-state index in [4.69, 9.17) is 4.74 Å². The molecule has 0 saturated heterocycles. The number of aromatic nitrogens is 3. The van der Waals surface area contributed by atoms with Crippen molar-refractivity contribution >= 4 is 33.3 Å². The summed E-state index contributed by atoms with van der Waals surface area (Å²) in [5.74, 6) is -1.52. The average Bonchev–Trinajstić information content (AvgIpc) is 3.08. The fraction of sp³-hybridized carbons (Fsp3) is 0.214. The largest absolute Gasteiger partial charge is 0.497 e. The van der Waals surface area contributed by atoms with E-state index in [1.807, 2.05) is 5.32 Å². The number of alkyl halides is 3.